The van der Waals surface area contributed by atoms with Gasteiger partial charge in [0.2, 0.25) is 0 Å². The van der Waals surface area contributed by atoms with Gasteiger partial charge in [0.1, 0.15) is 11.4 Å². The normalized spacial score (nSPS) is 10.6. The van der Waals surface area contributed by atoms with Crippen LogP contribution in [-0.4, -0.2) is 30.6 Å². The van der Waals surface area contributed by atoms with Crippen LogP contribution in [-0.2, 0) is 16.0 Å². The van der Waals surface area contributed by atoms with Gasteiger partial charge in [0.25, 0.3) is 5.91 Å². The number of fused-ring (bicyclic) bond motifs is 1. The fourth-order valence-corrected chi connectivity index (χ4v) is 2.88. The molecular weight excluding hydrogens is 356 g/mol. The number of amides is 1. The Hall–Kier alpha value is -3.28. The molecule has 0 bridgehead atoms. The number of aromatic nitrogens is 1. The third-order valence-electron chi connectivity index (χ3n) is 4.40. The maximum atomic E-state index is 12.6. The number of H-pyrrole nitrogens is 1. The highest BCUT2D eigenvalue weighted by molar-refractivity contribution is 6.06. The fourth-order valence-electron chi connectivity index (χ4n) is 2.88. The first-order valence-corrected chi connectivity index (χ1v) is 9.32. The summed E-state index contributed by atoms with van der Waals surface area (Å²) in [6.45, 7) is 2.48. The van der Waals surface area contributed by atoms with Crippen molar-refractivity contribution in [1.82, 2.24) is 4.98 Å². The van der Waals surface area contributed by atoms with Gasteiger partial charge in [0, 0.05) is 10.9 Å². The highest BCUT2D eigenvalue weighted by Crippen LogP contribution is 2.27. The highest BCUT2D eigenvalue weighted by atomic mass is 16.5. The van der Waals surface area contributed by atoms with Crippen molar-refractivity contribution in [2.75, 3.05) is 19.0 Å². The molecule has 0 atom stereocenters. The van der Waals surface area contributed by atoms with Gasteiger partial charge in [-0.25, -0.2) is 0 Å². The zero-order valence-corrected chi connectivity index (χ0v) is 16.1. The average Bonchev–Trinajstić information content (AvgIpc) is 3.13. The number of rotatable bonds is 8. The Bertz CT molecular complexity index is 945. The Labute approximate surface area is 163 Å². The van der Waals surface area contributed by atoms with Crippen molar-refractivity contribution in [2.24, 2.45) is 0 Å². The quantitative estimate of drug-likeness (QED) is 0.451. The molecule has 0 unspecified atom stereocenters. The number of benzene rings is 2. The second-order valence-electron chi connectivity index (χ2n) is 6.51. The van der Waals surface area contributed by atoms with Crippen LogP contribution in [0.3, 0.4) is 0 Å². The largest absolute Gasteiger partial charge is 0.495 e. The Balaban J connectivity index is 1.69. The first-order chi connectivity index (χ1) is 13.6. The predicted octanol–water partition coefficient (Wildman–Crippen LogP) is 4.31. The number of aromatic amines is 1. The van der Waals surface area contributed by atoms with Crippen LogP contribution in [0.2, 0.25) is 0 Å². The van der Waals surface area contributed by atoms with Gasteiger partial charge in [0.05, 0.1) is 25.8 Å². The van der Waals surface area contributed by atoms with Crippen LogP contribution in [0.1, 0.15) is 35.8 Å². The van der Waals surface area contributed by atoms with Crippen LogP contribution >= 0.6 is 0 Å². The van der Waals surface area contributed by atoms with E-state index in [1.54, 1.807) is 24.3 Å². The number of ether oxygens (including phenoxy) is 2. The summed E-state index contributed by atoms with van der Waals surface area (Å²) in [5.74, 6) is -0.0464. The molecular formula is C22H24N2O4. The van der Waals surface area contributed by atoms with E-state index in [-0.39, 0.29) is 18.3 Å². The second-order valence-corrected chi connectivity index (χ2v) is 6.51. The monoisotopic (exact) mass is 380 g/mol. The maximum Gasteiger partial charge on any atom is 0.310 e. The van der Waals surface area contributed by atoms with Crippen LogP contribution in [0.25, 0.3) is 10.9 Å². The lowest BCUT2D eigenvalue weighted by Crippen LogP contribution is -2.13. The summed E-state index contributed by atoms with van der Waals surface area (Å²) >= 11 is 0. The number of para-hydroxylation sites is 1. The predicted molar refractivity (Wildman–Crippen MR) is 109 cm³/mol. The summed E-state index contributed by atoms with van der Waals surface area (Å²) in [6, 6.07) is 14.7. The Morgan fingerprint density at radius 1 is 1.11 bits per heavy atom. The van der Waals surface area contributed by atoms with Crippen molar-refractivity contribution in [3.63, 3.8) is 0 Å². The molecule has 2 aromatic carbocycles. The Morgan fingerprint density at radius 3 is 2.68 bits per heavy atom. The molecule has 3 aromatic rings. The lowest BCUT2D eigenvalue weighted by Gasteiger charge is -2.11. The van der Waals surface area contributed by atoms with Crippen LogP contribution in [0.15, 0.2) is 48.5 Å². The molecule has 0 saturated heterocycles. The van der Waals surface area contributed by atoms with E-state index in [9.17, 15) is 9.59 Å². The molecule has 0 saturated carbocycles. The molecule has 28 heavy (non-hydrogen) atoms. The van der Waals surface area contributed by atoms with E-state index < -0.39 is 0 Å². The van der Waals surface area contributed by atoms with E-state index in [4.69, 9.17) is 9.47 Å². The number of carbonyl (C=O) groups excluding carboxylic acids is 2. The summed E-state index contributed by atoms with van der Waals surface area (Å²) < 4.78 is 10.6. The Morgan fingerprint density at radius 2 is 1.93 bits per heavy atom. The summed E-state index contributed by atoms with van der Waals surface area (Å²) in [5, 5.41) is 3.82. The summed E-state index contributed by atoms with van der Waals surface area (Å²) in [7, 11) is 1.53. The van der Waals surface area contributed by atoms with Crippen LogP contribution in [0, 0.1) is 0 Å². The third-order valence-corrected chi connectivity index (χ3v) is 4.40. The van der Waals surface area contributed by atoms with Crippen LogP contribution < -0.4 is 10.1 Å². The number of methoxy groups -OCH3 is 1. The smallest absolute Gasteiger partial charge is 0.310 e. The van der Waals surface area contributed by atoms with Gasteiger partial charge in [-0.05, 0) is 36.2 Å². The molecule has 1 amide bonds. The topological polar surface area (TPSA) is 80.4 Å². The lowest BCUT2D eigenvalue weighted by atomic mass is 10.1. The van der Waals surface area contributed by atoms with Gasteiger partial charge in [-0.1, -0.05) is 37.6 Å². The average molecular weight is 380 g/mol. The van der Waals surface area contributed by atoms with Crippen molar-refractivity contribution in [2.45, 2.75) is 26.2 Å². The number of carbonyl (C=O) groups is 2. The molecule has 0 fully saturated rings. The minimum Gasteiger partial charge on any atom is -0.495 e. The van der Waals surface area contributed by atoms with E-state index in [2.05, 4.69) is 10.3 Å². The van der Waals surface area contributed by atoms with Gasteiger partial charge in [0.15, 0.2) is 0 Å². The number of hydrogen-bond acceptors (Lipinski definition) is 4. The molecule has 3 rings (SSSR count). The van der Waals surface area contributed by atoms with E-state index >= 15 is 0 Å². The zero-order chi connectivity index (χ0) is 19.9. The molecule has 0 radical (unpaired) electrons. The van der Waals surface area contributed by atoms with Gasteiger partial charge < -0.3 is 19.8 Å². The third kappa shape index (κ3) is 4.71. The Kier molecular flexibility index (Phi) is 6.32. The highest BCUT2D eigenvalue weighted by Gasteiger charge is 2.14. The van der Waals surface area contributed by atoms with Gasteiger partial charge in [-0.2, -0.15) is 0 Å². The summed E-state index contributed by atoms with van der Waals surface area (Å²) in [6.07, 6.45) is 2.00. The van der Waals surface area contributed by atoms with Gasteiger partial charge in [-0.3, -0.25) is 9.59 Å². The number of nitrogens with one attached hydrogen (secondary N) is 2. The first kappa shape index (κ1) is 19.5. The van der Waals surface area contributed by atoms with Crippen molar-refractivity contribution >= 4 is 28.5 Å². The van der Waals surface area contributed by atoms with Gasteiger partial charge >= 0.3 is 5.97 Å². The van der Waals surface area contributed by atoms with E-state index in [1.807, 2.05) is 31.2 Å². The molecule has 0 aliphatic carbocycles. The molecule has 2 N–H and O–H groups in total. The summed E-state index contributed by atoms with van der Waals surface area (Å²) in [5.41, 5.74) is 2.67. The number of esters is 1. The molecule has 6 heteroatoms. The van der Waals surface area contributed by atoms with Crippen LogP contribution in [0.5, 0.6) is 5.75 Å². The minimum absolute atomic E-state index is 0.163. The van der Waals surface area contributed by atoms with Crippen molar-refractivity contribution < 1.29 is 19.1 Å². The number of anilines is 1. The molecule has 1 heterocycles. The van der Waals surface area contributed by atoms with E-state index in [0.29, 0.717) is 23.7 Å². The number of unbranched alkanes of at least 4 members (excludes halogenated alkanes) is 1. The maximum absolute atomic E-state index is 12.6. The lowest BCUT2D eigenvalue weighted by molar-refractivity contribution is -0.142. The fraction of sp³-hybridized carbons (Fsp3) is 0.273. The molecule has 1 aromatic heterocycles. The van der Waals surface area contributed by atoms with Gasteiger partial charge in [-0.15, -0.1) is 0 Å². The molecule has 146 valence electrons. The van der Waals surface area contributed by atoms with Crippen molar-refractivity contribution in [3.05, 3.63) is 59.8 Å². The summed E-state index contributed by atoms with van der Waals surface area (Å²) in [4.78, 5) is 27.6. The second kappa shape index (κ2) is 9.08. The SMILES string of the molecule is CCCCOC(=O)Cc1ccc(NC(=O)c2cc3ccccc3[nH]2)c(OC)c1. The molecule has 6 nitrogen and oxygen atoms in total. The van der Waals surface area contributed by atoms with E-state index in [1.165, 1.54) is 7.11 Å². The van der Waals surface area contributed by atoms with Crippen molar-refractivity contribution in [3.8, 4) is 5.75 Å². The molecule has 0 aliphatic heterocycles. The minimum atomic E-state index is -0.273. The molecule has 0 aliphatic rings. The zero-order valence-electron chi connectivity index (χ0n) is 16.1. The van der Waals surface area contributed by atoms with E-state index in [0.717, 1.165) is 29.3 Å². The first-order valence-electron chi connectivity index (χ1n) is 9.32. The standard InChI is InChI=1S/C22H24N2O4/c1-3-4-11-28-21(25)13-15-9-10-18(20(12-15)27-2)24-22(26)19-14-16-7-5-6-8-17(16)23-19/h5-10,12,14,23H,3-4,11,13H2,1-2H3,(H,24,26). The van der Waals surface area contributed by atoms with Crippen LogP contribution in [0.4, 0.5) is 5.69 Å². The molecule has 0 spiro atoms. The van der Waals surface area contributed by atoms with Crippen molar-refractivity contribution in [1.29, 1.82) is 0 Å². The number of hydrogen-bond donors (Lipinski definition) is 2.